The number of fused-ring (bicyclic) bond motifs is 1. The second-order valence-corrected chi connectivity index (χ2v) is 5.74. The number of nitrogens with two attached hydrogens (primary N) is 1. The number of aromatic nitrogens is 1. The van der Waals surface area contributed by atoms with Crippen LogP contribution in [0.1, 0.15) is 11.1 Å². The Hall–Kier alpha value is -2.35. The molecule has 0 amide bonds. The van der Waals surface area contributed by atoms with E-state index in [0.29, 0.717) is 6.54 Å². The highest BCUT2D eigenvalue weighted by atomic mass is 32.1. The lowest BCUT2D eigenvalue weighted by Crippen LogP contribution is -2.10. The Labute approximate surface area is 126 Å². The smallest absolute Gasteiger partial charge is 0.273 e. The summed E-state index contributed by atoms with van der Waals surface area (Å²) in [5, 5.41) is 0.749. The van der Waals surface area contributed by atoms with Crippen molar-refractivity contribution < 1.29 is 0 Å². The Morgan fingerprint density at radius 1 is 1.24 bits per heavy atom. The molecule has 0 aliphatic rings. The Balaban J connectivity index is 2.21. The summed E-state index contributed by atoms with van der Waals surface area (Å²) in [5.41, 5.74) is 8.22. The SMILES string of the molecule is Cc1cc(C#CCN)cc(-n2sc3ccccc3c2=O)c1. The molecule has 2 aromatic carbocycles. The largest absolute Gasteiger partial charge is 0.320 e. The van der Waals surface area contributed by atoms with Gasteiger partial charge in [-0.1, -0.05) is 35.5 Å². The van der Waals surface area contributed by atoms with Gasteiger partial charge in [0, 0.05) is 5.56 Å². The summed E-state index contributed by atoms with van der Waals surface area (Å²) in [4.78, 5) is 12.5. The van der Waals surface area contributed by atoms with E-state index in [1.54, 1.807) is 3.96 Å². The van der Waals surface area contributed by atoms with Crippen LogP contribution in [0.2, 0.25) is 0 Å². The fourth-order valence-electron chi connectivity index (χ4n) is 2.25. The van der Waals surface area contributed by atoms with Crippen LogP contribution in [0, 0.1) is 18.8 Å². The van der Waals surface area contributed by atoms with Crippen LogP contribution >= 0.6 is 11.5 Å². The minimum atomic E-state index is 0.0129. The van der Waals surface area contributed by atoms with Crippen LogP contribution in [-0.4, -0.2) is 10.5 Å². The van der Waals surface area contributed by atoms with Gasteiger partial charge < -0.3 is 5.73 Å². The molecule has 0 aliphatic carbocycles. The van der Waals surface area contributed by atoms with Crippen LogP contribution in [0.15, 0.2) is 47.3 Å². The normalized spacial score (nSPS) is 10.4. The minimum Gasteiger partial charge on any atom is -0.320 e. The Morgan fingerprint density at radius 3 is 2.81 bits per heavy atom. The number of aryl methyl sites for hydroxylation is 1. The van der Waals surface area contributed by atoms with Crippen LogP contribution < -0.4 is 11.3 Å². The van der Waals surface area contributed by atoms with Gasteiger partial charge in [0.15, 0.2) is 0 Å². The van der Waals surface area contributed by atoms with Gasteiger partial charge in [0.2, 0.25) is 0 Å². The van der Waals surface area contributed by atoms with E-state index in [1.807, 2.05) is 49.4 Å². The highest BCUT2D eigenvalue weighted by Crippen LogP contribution is 2.21. The summed E-state index contributed by atoms with van der Waals surface area (Å²) in [5.74, 6) is 5.87. The first-order valence-corrected chi connectivity index (χ1v) is 7.38. The number of rotatable bonds is 1. The molecule has 3 aromatic rings. The maximum Gasteiger partial charge on any atom is 0.273 e. The van der Waals surface area contributed by atoms with Gasteiger partial charge >= 0.3 is 0 Å². The quantitative estimate of drug-likeness (QED) is 0.701. The minimum absolute atomic E-state index is 0.0129. The van der Waals surface area contributed by atoms with Gasteiger partial charge in [0.25, 0.3) is 5.56 Å². The zero-order chi connectivity index (χ0) is 14.8. The third-order valence-electron chi connectivity index (χ3n) is 3.12. The van der Waals surface area contributed by atoms with E-state index in [4.69, 9.17) is 5.73 Å². The summed E-state index contributed by atoms with van der Waals surface area (Å²) in [7, 11) is 0. The van der Waals surface area contributed by atoms with Crippen molar-refractivity contribution in [2.24, 2.45) is 5.73 Å². The maximum absolute atomic E-state index is 12.5. The fourth-order valence-corrected chi connectivity index (χ4v) is 3.23. The predicted octanol–water partition coefficient (Wildman–Crippen LogP) is 2.67. The fraction of sp³-hybridized carbons (Fsp3) is 0.118. The molecule has 0 radical (unpaired) electrons. The van der Waals surface area contributed by atoms with Crippen LogP contribution in [0.4, 0.5) is 0 Å². The van der Waals surface area contributed by atoms with Crippen LogP contribution in [0.25, 0.3) is 15.8 Å². The number of hydrogen-bond acceptors (Lipinski definition) is 3. The summed E-state index contributed by atoms with van der Waals surface area (Å²) >= 11 is 1.45. The molecule has 0 saturated heterocycles. The Morgan fingerprint density at radius 2 is 2.05 bits per heavy atom. The summed E-state index contributed by atoms with van der Waals surface area (Å²) in [6.07, 6.45) is 0. The molecule has 4 heteroatoms. The van der Waals surface area contributed by atoms with Gasteiger partial charge in [0.05, 0.1) is 22.3 Å². The lowest BCUT2D eigenvalue weighted by atomic mass is 10.1. The van der Waals surface area contributed by atoms with Crippen molar-refractivity contribution in [3.05, 3.63) is 63.9 Å². The van der Waals surface area contributed by atoms with Crippen molar-refractivity contribution in [2.45, 2.75) is 6.92 Å². The highest BCUT2D eigenvalue weighted by molar-refractivity contribution is 7.14. The second kappa shape index (κ2) is 5.57. The molecular formula is C17H14N2OS. The monoisotopic (exact) mass is 294 g/mol. The third kappa shape index (κ3) is 2.62. The van der Waals surface area contributed by atoms with Crippen molar-refractivity contribution >= 4 is 21.6 Å². The van der Waals surface area contributed by atoms with Gasteiger partial charge in [-0.25, -0.2) is 3.96 Å². The standard InChI is InChI=1S/C17H14N2OS/c1-12-9-13(5-4-8-18)11-14(10-12)19-17(20)15-6-2-3-7-16(15)21-19/h2-3,6-7,9-11H,8,18H2,1H3. The summed E-state index contributed by atoms with van der Waals surface area (Å²) in [6.45, 7) is 2.32. The second-order valence-electron chi connectivity index (χ2n) is 4.75. The van der Waals surface area contributed by atoms with Crippen molar-refractivity contribution in [3.8, 4) is 17.5 Å². The number of nitrogens with zero attached hydrogens (tertiary/aromatic N) is 1. The van der Waals surface area contributed by atoms with E-state index in [-0.39, 0.29) is 5.56 Å². The van der Waals surface area contributed by atoms with Crippen molar-refractivity contribution in [1.82, 2.24) is 3.96 Å². The van der Waals surface area contributed by atoms with Crippen LogP contribution in [-0.2, 0) is 0 Å². The zero-order valence-electron chi connectivity index (χ0n) is 11.6. The van der Waals surface area contributed by atoms with Gasteiger partial charge in [-0.2, -0.15) is 0 Å². The van der Waals surface area contributed by atoms with E-state index in [2.05, 4.69) is 11.8 Å². The number of benzene rings is 2. The maximum atomic E-state index is 12.5. The summed E-state index contributed by atoms with van der Waals surface area (Å²) in [6, 6.07) is 13.5. The van der Waals surface area contributed by atoms with Crippen LogP contribution in [0.5, 0.6) is 0 Å². The average Bonchev–Trinajstić information content (AvgIpc) is 2.82. The first-order valence-electron chi connectivity index (χ1n) is 6.61. The third-order valence-corrected chi connectivity index (χ3v) is 4.23. The molecule has 0 saturated carbocycles. The molecule has 0 atom stereocenters. The summed E-state index contributed by atoms with van der Waals surface area (Å²) < 4.78 is 2.70. The molecule has 0 fully saturated rings. The lowest BCUT2D eigenvalue weighted by molar-refractivity contribution is 1.13. The van der Waals surface area contributed by atoms with Gasteiger partial charge in [0.1, 0.15) is 0 Å². The molecular weight excluding hydrogens is 280 g/mol. The van der Waals surface area contributed by atoms with E-state index in [0.717, 1.165) is 26.9 Å². The van der Waals surface area contributed by atoms with E-state index in [9.17, 15) is 4.79 Å². The Bertz CT molecular complexity index is 925. The molecule has 104 valence electrons. The predicted molar refractivity (Wildman–Crippen MR) is 88.1 cm³/mol. The molecule has 0 unspecified atom stereocenters. The molecule has 21 heavy (non-hydrogen) atoms. The molecule has 0 aliphatic heterocycles. The van der Waals surface area contributed by atoms with Crippen LogP contribution in [0.3, 0.4) is 0 Å². The van der Waals surface area contributed by atoms with Crippen molar-refractivity contribution in [3.63, 3.8) is 0 Å². The van der Waals surface area contributed by atoms with E-state index < -0.39 is 0 Å². The molecule has 1 aromatic heterocycles. The zero-order valence-corrected chi connectivity index (χ0v) is 12.4. The number of hydrogen-bond donors (Lipinski definition) is 1. The molecule has 3 rings (SSSR count). The lowest BCUT2D eigenvalue weighted by Gasteiger charge is -2.03. The first kappa shape index (κ1) is 13.6. The molecule has 1 heterocycles. The topological polar surface area (TPSA) is 48.0 Å². The van der Waals surface area contributed by atoms with Gasteiger partial charge in [-0.05, 0) is 42.8 Å². The van der Waals surface area contributed by atoms with Crippen molar-refractivity contribution in [1.29, 1.82) is 0 Å². The molecule has 3 nitrogen and oxygen atoms in total. The van der Waals surface area contributed by atoms with Gasteiger partial charge in [-0.15, -0.1) is 0 Å². The Kier molecular flexibility index (Phi) is 3.61. The van der Waals surface area contributed by atoms with Gasteiger partial charge in [-0.3, -0.25) is 4.79 Å². The molecule has 0 spiro atoms. The van der Waals surface area contributed by atoms with Crippen molar-refractivity contribution in [2.75, 3.05) is 6.54 Å². The highest BCUT2D eigenvalue weighted by Gasteiger charge is 2.09. The average molecular weight is 294 g/mol. The molecule has 0 bridgehead atoms. The van der Waals surface area contributed by atoms with E-state index in [1.165, 1.54) is 11.5 Å². The van der Waals surface area contributed by atoms with E-state index >= 15 is 0 Å². The first-order chi connectivity index (χ1) is 10.2. The molecule has 2 N–H and O–H groups in total.